The van der Waals surface area contributed by atoms with Gasteiger partial charge in [-0.25, -0.2) is 8.78 Å². The number of rotatable bonds is 10. The first-order valence-corrected chi connectivity index (χ1v) is 12.0. The Kier molecular flexibility index (Phi) is 7.87. The van der Waals surface area contributed by atoms with Crippen molar-refractivity contribution in [3.8, 4) is 5.75 Å². The average molecular weight is 492 g/mol. The molecule has 4 nitrogen and oxygen atoms in total. The topological polar surface area (TPSA) is 45.8 Å². The number of nitrogens with zero attached hydrogens (tertiary/aromatic N) is 1. The maximum Gasteiger partial charge on any atom is 0.173 e. The van der Waals surface area contributed by atoms with Crippen LogP contribution in [0.3, 0.4) is 0 Å². The molecule has 0 spiro atoms. The number of ether oxygens (including phenoxy) is 1. The molecule has 0 saturated heterocycles. The molecule has 0 aliphatic rings. The first kappa shape index (κ1) is 25.6. The second-order valence-corrected chi connectivity index (χ2v) is 8.97. The van der Waals surface area contributed by atoms with Crippen LogP contribution in [0, 0.1) is 11.6 Å². The smallest absolute Gasteiger partial charge is 0.173 e. The number of para-hydroxylation sites is 1. The molecule has 1 aromatic heterocycles. The molecule has 0 fully saturated rings. The van der Waals surface area contributed by atoms with E-state index in [-0.39, 0.29) is 22.9 Å². The Balaban J connectivity index is 1.70. The predicted molar refractivity (Wildman–Crippen MR) is 136 cm³/mol. The number of halogens is 2. The van der Waals surface area contributed by atoms with E-state index in [1.54, 1.807) is 31.4 Å². The number of aliphatic hydroxyl groups is 1. The lowest BCUT2D eigenvalue weighted by molar-refractivity contribution is 0.0928. The van der Waals surface area contributed by atoms with Gasteiger partial charge in [0.25, 0.3) is 0 Å². The van der Waals surface area contributed by atoms with E-state index >= 15 is 0 Å². The van der Waals surface area contributed by atoms with Gasteiger partial charge in [-0.15, -0.1) is 0 Å². The van der Waals surface area contributed by atoms with E-state index in [1.807, 2.05) is 24.3 Å². The summed E-state index contributed by atoms with van der Waals surface area (Å²) in [6.07, 6.45) is 0.930. The van der Waals surface area contributed by atoms with Gasteiger partial charge >= 0.3 is 0 Å². The summed E-state index contributed by atoms with van der Waals surface area (Å²) in [5, 5.41) is 11.9. The number of benzene rings is 3. The molecular weight excluding hydrogens is 460 g/mol. The van der Waals surface area contributed by atoms with Crippen molar-refractivity contribution in [3.05, 3.63) is 125 Å². The zero-order valence-electron chi connectivity index (χ0n) is 20.7. The van der Waals surface area contributed by atoms with Gasteiger partial charge < -0.3 is 14.3 Å². The minimum absolute atomic E-state index is 0.190. The number of furan rings is 1. The average Bonchev–Trinajstić information content (AvgIpc) is 3.36. The quantitative estimate of drug-likeness (QED) is 0.270. The van der Waals surface area contributed by atoms with Crippen molar-refractivity contribution in [2.24, 2.45) is 0 Å². The van der Waals surface area contributed by atoms with E-state index in [0.29, 0.717) is 18.8 Å². The fraction of sp³-hybridized carbons (Fsp3) is 0.267. The van der Waals surface area contributed by atoms with Gasteiger partial charge in [0.2, 0.25) is 0 Å². The minimum atomic E-state index is -1.87. The van der Waals surface area contributed by atoms with Gasteiger partial charge in [-0.05, 0) is 66.9 Å². The summed E-state index contributed by atoms with van der Waals surface area (Å²) < 4.78 is 40.0. The number of hydrogen-bond acceptors (Lipinski definition) is 4. The predicted octanol–water partition coefficient (Wildman–Crippen LogP) is 6.65. The molecule has 36 heavy (non-hydrogen) atoms. The summed E-state index contributed by atoms with van der Waals surface area (Å²) in [6, 6.07) is 22.9. The van der Waals surface area contributed by atoms with Crippen LogP contribution >= 0.6 is 0 Å². The highest BCUT2D eigenvalue weighted by atomic mass is 19.1. The van der Waals surface area contributed by atoms with Crippen LogP contribution in [0.15, 0.2) is 89.3 Å². The Bertz CT molecular complexity index is 1260. The zero-order chi connectivity index (χ0) is 25.7. The molecule has 0 aliphatic carbocycles. The molecule has 1 heterocycles. The van der Waals surface area contributed by atoms with Gasteiger partial charge in [0.1, 0.15) is 28.9 Å². The van der Waals surface area contributed by atoms with E-state index in [0.717, 1.165) is 17.7 Å². The van der Waals surface area contributed by atoms with Crippen LogP contribution in [-0.4, -0.2) is 23.2 Å². The Hall–Kier alpha value is -3.48. The third kappa shape index (κ3) is 5.35. The molecule has 188 valence electrons. The summed E-state index contributed by atoms with van der Waals surface area (Å²) in [7, 11) is 1.66. The summed E-state index contributed by atoms with van der Waals surface area (Å²) in [5.41, 5.74) is -0.307. The molecule has 1 atom stereocenters. The van der Waals surface area contributed by atoms with Crippen LogP contribution in [0.1, 0.15) is 48.5 Å². The van der Waals surface area contributed by atoms with Gasteiger partial charge in [-0.2, -0.15) is 0 Å². The maximum absolute atomic E-state index is 14.1. The van der Waals surface area contributed by atoms with Crippen molar-refractivity contribution in [1.82, 2.24) is 4.90 Å². The second-order valence-electron chi connectivity index (χ2n) is 8.97. The van der Waals surface area contributed by atoms with Crippen LogP contribution in [0.25, 0.3) is 0 Å². The SMILES string of the molecule is CC[C@H](C)N(Cc1ccc(C(O)(c2cccc(F)c2)c2cccc(F)c2)o1)Cc1ccccc1OC. The van der Waals surface area contributed by atoms with E-state index in [9.17, 15) is 13.9 Å². The lowest BCUT2D eigenvalue weighted by atomic mass is 9.84. The molecule has 4 rings (SSSR count). The molecule has 0 aliphatic heterocycles. The number of hydrogen-bond donors (Lipinski definition) is 1. The Morgan fingerprint density at radius 3 is 2.11 bits per heavy atom. The maximum atomic E-state index is 14.1. The Morgan fingerprint density at radius 1 is 0.889 bits per heavy atom. The van der Waals surface area contributed by atoms with Crippen LogP contribution in [0.4, 0.5) is 8.78 Å². The summed E-state index contributed by atoms with van der Waals surface area (Å²) >= 11 is 0. The fourth-order valence-electron chi connectivity index (χ4n) is 4.41. The lowest BCUT2D eigenvalue weighted by Crippen LogP contribution is -2.31. The van der Waals surface area contributed by atoms with Crippen molar-refractivity contribution in [2.75, 3.05) is 7.11 Å². The summed E-state index contributed by atoms with van der Waals surface area (Å²) in [6.45, 7) is 5.40. The van der Waals surface area contributed by atoms with Gasteiger partial charge in [0.05, 0.1) is 13.7 Å². The molecule has 1 N–H and O–H groups in total. The van der Waals surface area contributed by atoms with Crippen molar-refractivity contribution in [2.45, 2.75) is 45.0 Å². The Morgan fingerprint density at radius 2 is 1.53 bits per heavy atom. The van der Waals surface area contributed by atoms with Crippen LogP contribution in [-0.2, 0) is 18.7 Å². The third-order valence-corrected chi connectivity index (χ3v) is 6.64. The standard InChI is InChI=1S/C30H31F2NO3/c1-4-21(2)33(19-22-9-5-6-14-28(22)35-3)20-27-15-16-29(36-27)30(34,23-10-7-12-25(31)17-23)24-11-8-13-26(32)18-24/h5-18,21,34H,4,19-20H2,1-3H3/t21-/m0/s1. The number of methoxy groups -OCH3 is 1. The summed E-state index contributed by atoms with van der Waals surface area (Å²) in [5.74, 6) is 0.627. The molecule has 0 radical (unpaired) electrons. The third-order valence-electron chi connectivity index (χ3n) is 6.64. The van der Waals surface area contributed by atoms with Crippen molar-refractivity contribution in [3.63, 3.8) is 0 Å². The van der Waals surface area contributed by atoms with Crippen molar-refractivity contribution in [1.29, 1.82) is 0 Å². The highest BCUT2D eigenvalue weighted by Crippen LogP contribution is 2.38. The molecule has 3 aromatic carbocycles. The molecule has 0 saturated carbocycles. The van der Waals surface area contributed by atoms with Crippen LogP contribution in [0.2, 0.25) is 0 Å². The van der Waals surface area contributed by atoms with E-state index in [2.05, 4.69) is 18.7 Å². The van der Waals surface area contributed by atoms with E-state index in [1.165, 1.54) is 36.4 Å². The van der Waals surface area contributed by atoms with Crippen LogP contribution < -0.4 is 4.74 Å². The zero-order valence-corrected chi connectivity index (χ0v) is 20.7. The second kappa shape index (κ2) is 11.1. The fourth-order valence-corrected chi connectivity index (χ4v) is 4.41. The molecule has 0 bridgehead atoms. The molecule has 4 aromatic rings. The van der Waals surface area contributed by atoms with Gasteiger partial charge in [0.15, 0.2) is 5.60 Å². The van der Waals surface area contributed by atoms with Gasteiger partial charge in [-0.3, -0.25) is 4.90 Å². The summed E-state index contributed by atoms with van der Waals surface area (Å²) in [4.78, 5) is 2.27. The van der Waals surface area contributed by atoms with Crippen molar-refractivity contribution >= 4 is 0 Å². The normalized spacial score (nSPS) is 12.6. The minimum Gasteiger partial charge on any atom is -0.496 e. The first-order chi connectivity index (χ1) is 17.3. The monoisotopic (exact) mass is 491 g/mol. The van der Waals surface area contributed by atoms with E-state index in [4.69, 9.17) is 9.15 Å². The highest BCUT2D eigenvalue weighted by molar-refractivity contribution is 5.44. The molecule has 0 unspecified atom stereocenters. The lowest BCUT2D eigenvalue weighted by Gasteiger charge is -2.29. The van der Waals surface area contributed by atoms with Gasteiger partial charge in [-0.1, -0.05) is 49.4 Å². The molecule has 0 amide bonds. The molecular formula is C30H31F2NO3. The molecule has 6 heteroatoms. The van der Waals surface area contributed by atoms with Gasteiger partial charge in [0, 0.05) is 18.2 Å². The van der Waals surface area contributed by atoms with Crippen LogP contribution in [0.5, 0.6) is 5.75 Å². The Labute approximate surface area is 210 Å². The first-order valence-electron chi connectivity index (χ1n) is 12.0. The largest absolute Gasteiger partial charge is 0.496 e. The van der Waals surface area contributed by atoms with E-state index < -0.39 is 17.2 Å². The highest BCUT2D eigenvalue weighted by Gasteiger charge is 2.38. The van der Waals surface area contributed by atoms with Crippen molar-refractivity contribution < 1.29 is 23.0 Å².